The average Bonchev–Trinajstić information content (AvgIpc) is 2.61. The molecule has 1 aromatic heterocycles. The summed E-state index contributed by atoms with van der Waals surface area (Å²) in [6, 6.07) is 6.42. The first kappa shape index (κ1) is 11.4. The summed E-state index contributed by atoms with van der Waals surface area (Å²) in [5, 5.41) is 18.9. The highest BCUT2D eigenvalue weighted by molar-refractivity contribution is 7.99. The van der Waals surface area contributed by atoms with Crippen LogP contribution in [0.25, 0.3) is 0 Å². The van der Waals surface area contributed by atoms with Gasteiger partial charge in [0.15, 0.2) is 0 Å². The van der Waals surface area contributed by atoms with Crippen LogP contribution >= 0.6 is 11.8 Å². The first-order valence-electron chi connectivity index (χ1n) is 4.68. The van der Waals surface area contributed by atoms with E-state index in [1.807, 2.05) is 0 Å². The minimum atomic E-state index is -0.438. The molecule has 0 spiro atoms. The molecule has 88 valence electrons. The number of nitrogens with two attached hydrogens (primary N) is 1. The molecule has 0 amide bonds. The lowest BCUT2D eigenvalue weighted by atomic mass is 10.3. The number of rotatable bonds is 3. The van der Waals surface area contributed by atoms with Crippen molar-refractivity contribution in [2.75, 3.05) is 5.84 Å². The summed E-state index contributed by atoms with van der Waals surface area (Å²) in [6.07, 6.45) is 0. The molecule has 0 fully saturated rings. The Morgan fingerprint density at radius 2 is 2.12 bits per heavy atom. The van der Waals surface area contributed by atoms with Crippen molar-refractivity contribution in [3.63, 3.8) is 0 Å². The number of nitro benzene ring substituents is 1. The third kappa shape index (κ3) is 2.21. The normalized spacial score (nSPS) is 10.4. The fourth-order valence-corrected chi connectivity index (χ4v) is 2.11. The van der Waals surface area contributed by atoms with E-state index in [0.717, 1.165) is 11.8 Å². The molecule has 2 rings (SSSR count). The maximum absolute atomic E-state index is 10.8. The van der Waals surface area contributed by atoms with Crippen molar-refractivity contribution in [1.82, 2.24) is 14.9 Å². The molecule has 0 saturated heterocycles. The molecule has 0 unspecified atom stereocenters. The second kappa shape index (κ2) is 4.42. The summed E-state index contributed by atoms with van der Waals surface area (Å²) in [4.78, 5) is 10.9. The highest BCUT2D eigenvalue weighted by Gasteiger charge is 2.16. The Bertz CT molecular complexity index is 568. The van der Waals surface area contributed by atoms with Crippen LogP contribution in [-0.4, -0.2) is 19.8 Å². The smallest absolute Gasteiger partial charge is 0.283 e. The number of aryl methyl sites for hydroxylation is 1. The van der Waals surface area contributed by atoms with E-state index in [9.17, 15) is 10.1 Å². The van der Waals surface area contributed by atoms with Gasteiger partial charge in [-0.05, 0) is 24.8 Å². The minimum absolute atomic E-state index is 0.0261. The van der Waals surface area contributed by atoms with Crippen molar-refractivity contribution in [2.45, 2.75) is 17.0 Å². The van der Waals surface area contributed by atoms with E-state index in [-0.39, 0.29) is 5.69 Å². The topological polar surface area (TPSA) is 99.9 Å². The number of nitrogens with zero attached hydrogens (tertiary/aromatic N) is 4. The second-order valence-electron chi connectivity index (χ2n) is 3.23. The molecule has 17 heavy (non-hydrogen) atoms. The van der Waals surface area contributed by atoms with Gasteiger partial charge in [0.25, 0.3) is 5.69 Å². The quantitative estimate of drug-likeness (QED) is 0.502. The third-order valence-corrected chi connectivity index (χ3v) is 3.12. The van der Waals surface area contributed by atoms with Gasteiger partial charge in [-0.1, -0.05) is 12.1 Å². The molecule has 2 aromatic rings. The van der Waals surface area contributed by atoms with Gasteiger partial charge in [-0.25, -0.2) is 4.68 Å². The molecule has 0 aliphatic carbocycles. The lowest BCUT2D eigenvalue weighted by Gasteiger charge is -2.02. The van der Waals surface area contributed by atoms with E-state index in [4.69, 9.17) is 5.84 Å². The molecule has 2 N–H and O–H groups in total. The van der Waals surface area contributed by atoms with Gasteiger partial charge in [-0.2, -0.15) is 0 Å². The average molecular weight is 251 g/mol. The second-order valence-corrected chi connectivity index (χ2v) is 4.24. The summed E-state index contributed by atoms with van der Waals surface area (Å²) >= 11 is 1.11. The molecule has 1 heterocycles. The highest BCUT2D eigenvalue weighted by atomic mass is 32.2. The van der Waals surface area contributed by atoms with Gasteiger partial charge < -0.3 is 5.84 Å². The first-order chi connectivity index (χ1) is 8.09. The van der Waals surface area contributed by atoms with Crippen LogP contribution in [0, 0.1) is 17.0 Å². The number of benzene rings is 1. The lowest BCUT2D eigenvalue weighted by molar-refractivity contribution is -0.387. The zero-order valence-electron chi connectivity index (χ0n) is 8.90. The Hall–Kier alpha value is -2.09. The third-order valence-electron chi connectivity index (χ3n) is 2.10. The van der Waals surface area contributed by atoms with Gasteiger partial charge in [-0.3, -0.25) is 10.1 Å². The van der Waals surface area contributed by atoms with Crippen LogP contribution in [0.2, 0.25) is 0 Å². The maximum Gasteiger partial charge on any atom is 0.283 e. The highest BCUT2D eigenvalue weighted by Crippen LogP contribution is 2.32. The van der Waals surface area contributed by atoms with E-state index in [2.05, 4.69) is 10.2 Å². The molecule has 8 heteroatoms. The van der Waals surface area contributed by atoms with Crippen LogP contribution in [0.3, 0.4) is 0 Å². The number of aromatic nitrogens is 3. The summed E-state index contributed by atoms with van der Waals surface area (Å²) in [5.74, 6) is 6.22. The van der Waals surface area contributed by atoms with Gasteiger partial charge >= 0.3 is 0 Å². The number of nitrogen functional groups attached to an aromatic ring is 1. The molecule has 0 saturated carbocycles. The van der Waals surface area contributed by atoms with Crippen molar-refractivity contribution in [3.05, 3.63) is 40.2 Å². The molecule has 0 aliphatic heterocycles. The predicted molar refractivity (Wildman–Crippen MR) is 62.1 cm³/mol. The summed E-state index contributed by atoms with van der Waals surface area (Å²) in [5.41, 5.74) is 0.0261. The van der Waals surface area contributed by atoms with Crippen LogP contribution in [0.15, 0.2) is 34.3 Å². The number of hydrogen-bond donors (Lipinski definition) is 1. The van der Waals surface area contributed by atoms with Crippen LogP contribution in [0.4, 0.5) is 5.69 Å². The van der Waals surface area contributed by atoms with Crippen LogP contribution < -0.4 is 5.84 Å². The Balaban J connectivity index is 2.36. The minimum Gasteiger partial charge on any atom is -0.336 e. The Morgan fingerprint density at radius 1 is 1.41 bits per heavy atom. The van der Waals surface area contributed by atoms with Crippen LogP contribution in [0.5, 0.6) is 0 Å². The Morgan fingerprint density at radius 3 is 2.71 bits per heavy atom. The lowest BCUT2D eigenvalue weighted by Crippen LogP contribution is -2.11. The van der Waals surface area contributed by atoms with Gasteiger partial charge in [0.1, 0.15) is 5.82 Å². The monoisotopic (exact) mass is 251 g/mol. The first-order valence-corrected chi connectivity index (χ1v) is 5.49. The molecule has 0 bridgehead atoms. The van der Waals surface area contributed by atoms with Gasteiger partial charge in [-0.15, -0.1) is 10.2 Å². The Kier molecular flexibility index (Phi) is 2.96. The largest absolute Gasteiger partial charge is 0.336 e. The van der Waals surface area contributed by atoms with E-state index in [0.29, 0.717) is 15.9 Å². The van der Waals surface area contributed by atoms with Crippen molar-refractivity contribution in [1.29, 1.82) is 0 Å². The van der Waals surface area contributed by atoms with E-state index >= 15 is 0 Å². The molecular formula is C9H9N5O2S. The number of nitro groups is 1. The van der Waals surface area contributed by atoms with Crippen molar-refractivity contribution >= 4 is 17.4 Å². The number of para-hydroxylation sites is 1. The van der Waals surface area contributed by atoms with E-state index < -0.39 is 4.92 Å². The van der Waals surface area contributed by atoms with E-state index in [1.165, 1.54) is 10.7 Å². The maximum atomic E-state index is 10.8. The molecule has 7 nitrogen and oxygen atoms in total. The number of hydrogen-bond acceptors (Lipinski definition) is 6. The van der Waals surface area contributed by atoms with Crippen molar-refractivity contribution < 1.29 is 4.92 Å². The van der Waals surface area contributed by atoms with Gasteiger partial charge in [0, 0.05) is 6.07 Å². The SMILES string of the molecule is Cc1nnc(Sc2ccccc2[N+](=O)[O-])n1N. The van der Waals surface area contributed by atoms with Crippen LogP contribution in [0.1, 0.15) is 5.82 Å². The van der Waals surface area contributed by atoms with Gasteiger partial charge in [0.05, 0.1) is 9.82 Å². The summed E-state index contributed by atoms with van der Waals surface area (Å²) in [7, 11) is 0. The fraction of sp³-hybridized carbons (Fsp3) is 0.111. The fourth-order valence-electron chi connectivity index (χ4n) is 1.21. The molecular weight excluding hydrogens is 242 g/mol. The standard InChI is InChI=1S/C9H9N5O2S/c1-6-11-12-9(13(6)10)17-8-5-3-2-4-7(8)14(15)16/h2-5H,10H2,1H3. The molecule has 0 radical (unpaired) electrons. The molecule has 1 aromatic carbocycles. The summed E-state index contributed by atoms with van der Waals surface area (Å²) in [6.45, 7) is 1.70. The van der Waals surface area contributed by atoms with Gasteiger partial charge in [0.2, 0.25) is 5.16 Å². The zero-order chi connectivity index (χ0) is 12.4. The zero-order valence-corrected chi connectivity index (χ0v) is 9.72. The predicted octanol–water partition coefficient (Wildman–Crippen LogP) is 1.36. The van der Waals surface area contributed by atoms with E-state index in [1.54, 1.807) is 25.1 Å². The molecule has 0 aliphatic rings. The van der Waals surface area contributed by atoms with Crippen LogP contribution in [-0.2, 0) is 0 Å². The van der Waals surface area contributed by atoms with Crippen molar-refractivity contribution in [2.24, 2.45) is 0 Å². The molecule has 0 atom stereocenters. The van der Waals surface area contributed by atoms with Crippen molar-refractivity contribution in [3.8, 4) is 0 Å². The Labute approximate surface area is 101 Å². The summed E-state index contributed by atoms with van der Waals surface area (Å²) < 4.78 is 1.29.